The molecule has 2 N–H and O–H groups in total. The first-order valence-corrected chi connectivity index (χ1v) is 10.6. The Hall–Kier alpha value is -3.64. The van der Waals surface area contributed by atoms with Crippen molar-refractivity contribution in [1.82, 2.24) is 15.3 Å². The summed E-state index contributed by atoms with van der Waals surface area (Å²) < 4.78 is 5.98. The van der Waals surface area contributed by atoms with Gasteiger partial charge in [-0.15, -0.1) is 0 Å². The minimum atomic E-state index is -0.0594. The maximum atomic E-state index is 5.98. The van der Waals surface area contributed by atoms with Crippen molar-refractivity contribution in [2.75, 3.05) is 4.90 Å². The molecule has 31 heavy (non-hydrogen) atoms. The molecular weight excluding hydrogens is 404 g/mol. The molecule has 0 unspecified atom stereocenters. The van der Waals surface area contributed by atoms with Crippen LogP contribution in [0.3, 0.4) is 0 Å². The Bertz CT molecular complexity index is 1160. The van der Waals surface area contributed by atoms with Crippen molar-refractivity contribution < 1.29 is 4.74 Å². The van der Waals surface area contributed by atoms with Gasteiger partial charge in [-0.05, 0) is 79.8 Å². The lowest BCUT2D eigenvalue weighted by atomic mass is 10.0. The summed E-state index contributed by atoms with van der Waals surface area (Å²) in [4.78, 5) is 10.1. The minimum Gasteiger partial charge on any atom is -0.457 e. The van der Waals surface area contributed by atoms with Crippen LogP contribution in [-0.4, -0.2) is 15.1 Å². The lowest BCUT2D eigenvalue weighted by Gasteiger charge is -2.27. The van der Waals surface area contributed by atoms with Crippen LogP contribution in [0.2, 0.25) is 0 Å². The Morgan fingerprint density at radius 1 is 0.903 bits per heavy atom. The van der Waals surface area contributed by atoms with Crippen LogP contribution < -0.4 is 15.0 Å². The molecule has 2 atom stereocenters. The summed E-state index contributed by atoms with van der Waals surface area (Å²) in [7, 11) is 0. The van der Waals surface area contributed by atoms with E-state index in [1.54, 1.807) is 0 Å². The summed E-state index contributed by atoms with van der Waals surface area (Å²) >= 11 is 5.74. The lowest BCUT2D eigenvalue weighted by Crippen LogP contribution is -2.29. The van der Waals surface area contributed by atoms with Gasteiger partial charge in [0.25, 0.3) is 0 Å². The van der Waals surface area contributed by atoms with Crippen molar-refractivity contribution >= 4 is 23.0 Å². The number of benzene rings is 2. The molecule has 2 aromatic heterocycles. The first-order chi connectivity index (χ1) is 15.2. The van der Waals surface area contributed by atoms with Gasteiger partial charge in [0.15, 0.2) is 5.11 Å². The van der Waals surface area contributed by atoms with Crippen LogP contribution in [0.5, 0.6) is 11.5 Å². The monoisotopic (exact) mass is 426 g/mol. The van der Waals surface area contributed by atoms with Crippen LogP contribution in [0, 0.1) is 6.92 Å². The van der Waals surface area contributed by atoms with Crippen molar-refractivity contribution in [2.24, 2.45) is 0 Å². The number of H-pyrrole nitrogens is 1. The predicted octanol–water partition coefficient (Wildman–Crippen LogP) is 5.69. The van der Waals surface area contributed by atoms with Gasteiger partial charge in [-0.3, -0.25) is 4.98 Å². The van der Waals surface area contributed by atoms with Crippen molar-refractivity contribution in [2.45, 2.75) is 19.0 Å². The normalized spacial score (nSPS) is 18.1. The lowest BCUT2D eigenvalue weighted by molar-refractivity contribution is 0.482. The second-order valence-corrected chi connectivity index (χ2v) is 7.92. The van der Waals surface area contributed by atoms with E-state index < -0.39 is 0 Å². The number of aromatic nitrogens is 2. The quantitative estimate of drug-likeness (QED) is 0.402. The smallest absolute Gasteiger partial charge is 0.174 e. The van der Waals surface area contributed by atoms with Crippen LogP contribution in [0.15, 0.2) is 91.3 Å². The maximum Gasteiger partial charge on any atom is 0.174 e. The molecule has 1 saturated heterocycles. The molecule has 2 aromatic carbocycles. The van der Waals surface area contributed by atoms with Crippen LogP contribution in [0.1, 0.15) is 29.0 Å². The highest BCUT2D eigenvalue weighted by Crippen LogP contribution is 2.41. The molecule has 0 bridgehead atoms. The fraction of sp³-hybridized carbons (Fsp3) is 0.120. The summed E-state index contributed by atoms with van der Waals surface area (Å²) in [5.41, 5.74) is 4.22. The third kappa shape index (κ3) is 3.90. The van der Waals surface area contributed by atoms with Gasteiger partial charge in [0, 0.05) is 23.8 Å². The molecule has 0 aliphatic carbocycles. The van der Waals surface area contributed by atoms with E-state index in [1.165, 1.54) is 5.56 Å². The molecule has 1 fully saturated rings. The van der Waals surface area contributed by atoms with E-state index in [4.69, 9.17) is 17.0 Å². The van der Waals surface area contributed by atoms with Crippen molar-refractivity contribution in [3.63, 3.8) is 0 Å². The van der Waals surface area contributed by atoms with Gasteiger partial charge in [-0.2, -0.15) is 0 Å². The molecule has 0 radical (unpaired) electrons. The molecule has 0 spiro atoms. The first-order valence-electron chi connectivity index (χ1n) is 10.2. The van der Waals surface area contributed by atoms with E-state index >= 15 is 0 Å². The van der Waals surface area contributed by atoms with Gasteiger partial charge in [0.1, 0.15) is 17.5 Å². The number of ether oxygens (including phenoxy) is 1. The van der Waals surface area contributed by atoms with E-state index in [0.717, 1.165) is 28.6 Å². The molecule has 1 aliphatic heterocycles. The van der Waals surface area contributed by atoms with Crippen molar-refractivity contribution in [3.8, 4) is 11.5 Å². The summed E-state index contributed by atoms with van der Waals surface area (Å²) in [6.07, 6.45) is 3.74. The largest absolute Gasteiger partial charge is 0.457 e. The number of aryl methyl sites for hydroxylation is 1. The maximum absolute atomic E-state index is 5.98. The zero-order valence-corrected chi connectivity index (χ0v) is 17.8. The molecule has 0 saturated carbocycles. The Labute approximate surface area is 186 Å². The van der Waals surface area contributed by atoms with E-state index in [9.17, 15) is 0 Å². The minimum absolute atomic E-state index is 0.0405. The number of nitrogens with zero attached hydrogens (tertiary/aromatic N) is 2. The highest BCUT2D eigenvalue weighted by molar-refractivity contribution is 7.80. The molecule has 154 valence electrons. The standard InChI is InChI=1S/C25H22N4OS/c1-17-7-11-19(12-8-17)30-20-13-9-18(10-14-20)29-24(22-6-4-16-27-22)23(28-25(29)31)21-5-2-3-15-26-21/h2-16,23-24,27H,1H3,(H,28,31)/t23-,24+/m0/s1. The van der Waals surface area contributed by atoms with E-state index in [-0.39, 0.29) is 12.1 Å². The molecular formula is C25H22N4OS. The molecule has 5 rings (SSSR count). The second kappa shape index (κ2) is 8.24. The van der Waals surface area contributed by atoms with Crippen LogP contribution >= 0.6 is 12.2 Å². The first kappa shape index (κ1) is 19.3. The van der Waals surface area contributed by atoms with Gasteiger partial charge in [0.05, 0.1) is 11.7 Å². The number of rotatable bonds is 5. The van der Waals surface area contributed by atoms with Crippen molar-refractivity contribution in [3.05, 3.63) is 108 Å². The number of pyridine rings is 1. The van der Waals surface area contributed by atoms with Gasteiger partial charge < -0.3 is 19.9 Å². The van der Waals surface area contributed by atoms with Crippen LogP contribution in [0.4, 0.5) is 5.69 Å². The second-order valence-electron chi connectivity index (χ2n) is 7.53. The van der Waals surface area contributed by atoms with Crippen LogP contribution in [0.25, 0.3) is 0 Å². The third-order valence-corrected chi connectivity index (χ3v) is 5.72. The number of anilines is 1. The van der Waals surface area contributed by atoms with E-state index in [1.807, 2.05) is 85.2 Å². The molecule has 3 heterocycles. The van der Waals surface area contributed by atoms with E-state index in [0.29, 0.717) is 5.11 Å². The number of hydrogen-bond acceptors (Lipinski definition) is 3. The average molecular weight is 427 g/mol. The van der Waals surface area contributed by atoms with Gasteiger partial charge in [-0.1, -0.05) is 23.8 Å². The Morgan fingerprint density at radius 2 is 1.65 bits per heavy atom. The molecule has 0 amide bonds. The summed E-state index contributed by atoms with van der Waals surface area (Å²) in [5.74, 6) is 1.60. The summed E-state index contributed by atoms with van der Waals surface area (Å²) in [6, 6.07) is 26.0. The highest BCUT2D eigenvalue weighted by Gasteiger charge is 2.41. The fourth-order valence-electron chi connectivity index (χ4n) is 3.89. The van der Waals surface area contributed by atoms with Crippen LogP contribution in [-0.2, 0) is 0 Å². The topological polar surface area (TPSA) is 53.2 Å². The van der Waals surface area contributed by atoms with E-state index in [2.05, 4.69) is 33.2 Å². The molecule has 5 nitrogen and oxygen atoms in total. The average Bonchev–Trinajstić information content (AvgIpc) is 3.44. The Balaban J connectivity index is 1.45. The zero-order chi connectivity index (χ0) is 21.2. The fourth-order valence-corrected chi connectivity index (χ4v) is 4.24. The third-order valence-electron chi connectivity index (χ3n) is 5.41. The number of aromatic amines is 1. The molecule has 6 heteroatoms. The Kier molecular flexibility index (Phi) is 5.14. The summed E-state index contributed by atoms with van der Waals surface area (Å²) in [6.45, 7) is 2.06. The van der Waals surface area contributed by atoms with Crippen molar-refractivity contribution in [1.29, 1.82) is 0 Å². The highest BCUT2D eigenvalue weighted by atomic mass is 32.1. The Morgan fingerprint density at radius 3 is 2.29 bits per heavy atom. The number of nitrogens with one attached hydrogen (secondary N) is 2. The SMILES string of the molecule is Cc1ccc(Oc2ccc(N3C(=S)N[C@@H](c4ccccn4)[C@H]3c3ccc[nH]3)cc2)cc1. The molecule has 4 aromatic rings. The van der Waals surface area contributed by atoms with Gasteiger partial charge in [0.2, 0.25) is 0 Å². The number of hydrogen-bond donors (Lipinski definition) is 2. The van der Waals surface area contributed by atoms with Gasteiger partial charge in [-0.25, -0.2) is 0 Å². The summed E-state index contributed by atoms with van der Waals surface area (Å²) in [5, 5.41) is 4.13. The van der Waals surface area contributed by atoms with Gasteiger partial charge >= 0.3 is 0 Å². The number of thiocarbonyl (C=S) groups is 1. The predicted molar refractivity (Wildman–Crippen MR) is 126 cm³/mol. The zero-order valence-electron chi connectivity index (χ0n) is 17.0. The molecule has 1 aliphatic rings.